The molecule has 0 bridgehead atoms. The second kappa shape index (κ2) is 4.42. The van der Waals surface area contributed by atoms with E-state index >= 15 is 0 Å². The maximum atomic E-state index is 6.36. The second-order valence-electron chi connectivity index (χ2n) is 3.58. The standard InChI is InChI=1S/C9H15ClOSi2/c1-13(2,11-12)9(10)8-6-4-3-5-7-8/h3-7,9H,1-2,12H3. The molecule has 0 aliphatic rings. The Bertz CT molecular complexity index is 264. The van der Waals surface area contributed by atoms with Crippen LogP contribution in [0, 0.1) is 0 Å². The maximum absolute atomic E-state index is 6.36. The van der Waals surface area contributed by atoms with E-state index in [9.17, 15) is 0 Å². The highest BCUT2D eigenvalue weighted by molar-refractivity contribution is 6.81. The van der Waals surface area contributed by atoms with Crippen molar-refractivity contribution in [2.24, 2.45) is 0 Å². The lowest BCUT2D eigenvalue weighted by Gasteiger charge is -2.26. The summed E-state index contributed by atoms with van der Waals surface area (Å²) in [6.45, 7) is 4.31. The van der Waals surface area contributed by atoms with E-state index in [0.29, 0.717) is 0 Å². The predicted octanol–water partition coefficient (Wildman–Crippen LogP) is 2.01. The first-order valence-electron chi connectivity index (χ1n) is 4.32. The van der Waals surface area contributed by atoms with Crippen molar-refractivity contribution in [2.75, 3.05) is 0 Å². The minimum absolute atomic E-state index is 0.0613. The normalized spacial score (nSPS) is 14.4. The quantitative estimate of drug-likeness (QED) is 0.570. The number of hydrogen-bond acceptors (Lipinski definition) is 1. The lowest BCUT2D eigenvalue weighted by Crippen LogP contribution is -2.35. The van der Waals surface area contributed by atoms with Gasteiger partial charge in [0.25, 0.3) is 0 Å². The highest BCUT2D eigenvalue weighted by atomic mass is 35.5. The number of benzene rings is 1. The van der Waals surface area contributed by atoms with Crippen molar-refractivity contribution in [3.05, 3.63) is 35.9 Å². The number of alkyl halides is 1. The van der Waals surface area contributed by atoms with Gasteiger partial charge in [0.15, 0.2) is 8.32 Å². The Morgan fingerprint density at radius 1 is 1.31 bits per heavy atom. The van der Waals surface area contributed by atoms with E-state index in [0.717, 1.165) is 10.5 Å². The predicted molar refractivity (Wildman–Crippen MR) is 63.5 cm³/mol. The average Bonchev–Trinajstić information content (AvgIpc) is 2.18. The van der Waals surface area contributed by atoms with Gasteiger partial charge in [-0.05, 0) is 18.7 Å². The van der Waals surface area contributed by atoms with E-state index in [1.165, 1.54) is 5.56 Å². The Morgan fingerprint density at radius 3 is 2.31 bits per heavy atom. The molecule has 0 radical (unpaired) electrons. The van der Waals surface area contributed by atoms with Gasteiger partial charge in [-0.25, -0.2) is 0 Å². The zero-order valence-electron chi connectivity index (χ0n) is 8.25. The number of hydrogen-bond donors (Lipinski definition) is 0. The van der Waals surface area contributed by atoms with Gasteiger partial charge in [-0.3, -0.25) is 0 Å². The minimum atomic E-state index is -1.69. The van der Waals surface area contributed by atoms with E-state index in [2.05, 4.69) is 25.2 Å². The number of rotatable bonds is 3. The Balaban J connectivity index is 2.85. The Hall–Kier alpha value is -0.0962. The summed E-state index contributed by atoms with van der Waals surface area (Å²) < 4.78 is 5.60. The van der Waals surface area contributed by atoms with Crippen molar-refractivity contribution >= 4 is 30.4 Å². The van der Waals surface area contributed by atoms with Crippen molar-refractivity contribution in [1.29, 1.82) is 0 Å². The molecule has 0 N–H and O–H groups in total. The van der Waals surface area contributed by atoms with Gasteiger partial charge in [0.1, 0.15) is 10.5 Å². The molecule has 0 spiro atoms. The molecule has 0 aliphatic heterocycles. The molecule has 0 amide bonds. The first-order valence-corrected chi connectivity index (χ1v) is 8.56. The molecule has 0 saturated carbocycles. The van der Waals surface area contributed by atoms with Gasteiger partial charge in [0, 0.05) is 0 Å². The summed E-state index contributed by atoms with van der Waals surface area (Å²) in [5.74, 6) is 0. The van der Waals surface area contributed by atoms with E-state index in [4.69, 9.17) is 15.7 Å². The van der Waals surface area contributed by atoms with Crippen molar-refractivity contribution in [3.8, 4) is 0 Å². The molecule has 0 aliphatic carbocycles. The average molecular weight is 231 g/mol. The monoisotopic (exact) mass is 230 g/mol. The van der Waals surface area contributed by atoms with E-state index in [1.54, 1.807) is 0 Å². The molecular weight excluding hydrogens is 216 g/mol. The zero-order valence-corrected chi connectivity index (χ0v) is 12.0. The largest absolute Gasteiger partial charge is 0.463 e. The summed E-state index contributed by atoms with van der Waals surface area (Å²) >= 11 is 6.36. The molecule has 1 atom stereocenters. The van der Waals surface area contributed by atoms with Crippen molar-refractivity contribution in [3.63, 3.8) is 0 Å². The van der Waals surface area contributed by atoms with Crippen LogP contribution in [0.15, 0.2) is 30.3 Å². The lowest BCUT2D eigenvalue weighted by atomic mass is 10.2. The highest BCUT2D eigenvalue weighted by Crippen LogP contribution is 2.30. The van der Waals surface area contributed by atoms with Crippen LogP contribution >= 0.6 is 11.6 Å². The van der Waals surface area contributed by atoms with Gasteiger partial charge in [0.05, 0.1) is 5.00 Å². The summed E-state index contributed by atoms with van der Waals surface area (Å²) in [4.78, 5) is 0. The molecule has 0 fully saturated rings. The first-order chi connectivity index (χ1) is 6.08. The molecule has 0 heterocycles. The van der Waals surface area contributed by atoms with Crippen molar-refractivity contribution in [2.45, 2.75) is 18.1 Å². The van der Waals surface area contributed by atoms with Crippen molar-refractivity contribution in [1.82, 2.24) is 0 Å². The molecule has 4 heteroatoms. The van der Waals surface area contributed by atoms with Crippen LogP contribution in [0.1, 0.15) is 10.6 Å². The molecule has 0 aromatic heterocycles. The summed E-state index contributed by atoms with van der Waals surface area (Å²) in [6, 6.07) is 10.2. The Morgan fingerprint density at radius 2 is 1.85 bits per heavy atom. The number of halogens is 1. The fourth-order valence-electron chi connectivity index (χ4n) is 1.13. The topological polar surface area (TPSA) is 9.23 Å². The Labute approximate surface area is 88.7 Å². The van der Waals surface area contributed by atoms with Crippen molar-refractivity contribution < 1.29 is 4.12 Å². The molecule has 1 rings (SSSR count). The third-order valence-corrected chi connectivity index (χ3v) is 9.82. The summed E-state index contributed by atoms with van der Waals surface area (Å²) in [5, 5.41) is 0.0613. The van der Waals surface area contributed by atoms with Gasteiger partial charge in [-0.15, -0.1) is 11.6 Å². The van der Waals surface area contributed by atoms with Gasteiger partial charge in [-0.2, -0.15) is 0 Å². The van der Waals surface area contributed by atoms with Crippen LogP contribution < -0.4 is 0 Å². The van der Waals surface area contributed by atoms with Crippen LogP contribution in [0.25, 0.3) is 0 Å². The van der Waals surface area contributed by atoms with Crippen LogP contribution in [0.5, 0.6) is 0 Å². The van der Waals surface area contributed by atoms with Gasteiger partial charge in [-0.1, -0.05) is 30.3 Å². The van der Waals surface area contributed by atoms with Crippen LogP contribution in [-0.4, -0.2) is 18.8 Å². The molecule has 13 heavy (non-hydrogen) atoms. The molecule has 72 valence electrons. The van der Waals surface area contributed by atoms with Gasteiger partial charge in [0.2, 0.25) is 0 Å². The molecule has 1 nitrogen and oxygen atoms in total. The molecule has 1 aromatic rings. The first kappa shape index (κ1) is 11.0. The Kier molecular flexibility index (Phi) is 3.73. The second-order valence-corrected chi connectivity index (χ2v) is 9.80. The molecule has 0 saturated heterocycles. The third kappa shape index (κ3) is 2.67. The summed E-state index contributed by atoms with van der Waals surface area (Å²) in [5.41, 5.74) is 1.18. The maximum Gasteiger partial charge on any atom is 0.195 e. The molecular formula is C9H15ClOSi2. The fraction of sp³-hybridized carbons (Fsp3) is 0.333. The van der Waals surface area contributed by atoms with Crippen LogP contribution in [0.3, 0.4) is 0 Å². The van der Waals surface area contributed by atoms with Crippen LogP contribution in [-0.2, 0) is 4.12 Å². The highest BCUT2D eigenvalue weighted by Gasteiger charge is 2.31. The van der Waals surface area contributed by atoms with E-state index in [1.807, 2.05) is 18.2 Å². The smallest absolute Gasteiger partial charge is 0.195 e. The van der Waals surface area contributed by atoms with E-state index < -0.39 is 8.32 Å². The zero-order chi connectivity index (χ0) is 9.90. The fourth-order valence-corrected chi connectivity index (χ4v) is 3.90. The minimum Gasteiger partial charge on any atom is -0.463 e. The summed E-state index contributed by atoms with van der Waals surface area (Å²) in [7, 11) is -0.921. The van der Waals surface area contributed by atoms with Crippen LogP contribution in [0.4, 0.5) is 0 Å². The molecule has 1 unspecified atom stereocenters. The lowest BCUT2D eigenvalue weighted by molar-refractivity contribution is 0.603. The molecule has 1 aromatic carbocycles. The van der Waals surface area contributed by atoms with Gasteiger partial charge >= 0.3 is 0 Å². The SMILES string of the molecule is C[Si](C)(O[SiH3])C(Cl)c1ccccc1. The third-order valence-electron chi connectivity index (χ3n) is 2.23. The van der Waals surface area contributed by atoms with Crippen LogP contribution in [0.2, 0.25) is 13.1 Å². The van der Waals surface area contributed by atoms with E-state index in [-0.39, 0.29) is 5.00 Å². The van der Waals surface area contributed by atoms with Gasteiger partial charge < -0.3 is 4.12 Å². The summed E-state index contributed by atoms with van der Waals surface area (Å²) in [6.07, 6.45) is 0.